The van der Waals surface area contributed by atoms with E-state index < -0.39 is 0 Å². The van der Waals surface area contributed by atoms with Crippen LogP contribution < -0.4 is 20.1 Å². The first-order chi connectivity index (χ1) is 11.3. The predicted molar refractivity (Wildman–Crippen MR) is 87.6 cm³/mol. The van der Waals surface area contributed by atoms with Gasteiger partial charge in [0.25, 0.3) is 0 Å². The van der Waals surface area contributed by atoms with Gasteiger partial charge in [0.05, 0.1) is 13.7 Å². The number of carbonyl (C=O) groups is 1. The van der Waals surface area contributed by atoms with E-state index in [9.17, 15) is 4.79 Å². The van der Waals surface area contributed by atoms with Gasteiger partial charge < -0.3 is 20.1 Å². The number of hydrogen-bond donors (Lipinski definition) is 2. The summed E-state index contributed by atoms with van der Waals surface area (Å²) in [4.78, 5) is 15.7. The number of benzene rings is 1. The van der Waals surface area contributed by atoms with E-state index in [4.69, 9.17) is 9.47 Å². The molecule has 6 heteroatoms. The summed E-state index contributed by atoms with van der Waals surface area (Å²) in [5.41, 5.74) is 0.911. The molecule has 2 aromatic rings. The second kappa shape index (κ2) is 9.30. The van der Waals surface area contributed by atoms with Crippen LogP contribution >= 0.6 is 0 Å². The van der Waals surface area contributed by atoms with Gasteiger partial charge in [0.2, 0.25) is 5.88 Å². The van der Waals surface area contributed by atoms with Crippen LogP contribution in [0.15, 0.2) is 48.7 Å². The Hall–Kier alpha value is -2.76. The normalized spacial score (nSPS) is 9.96. The Bertz CT molecular complexity index is 588. The van der Waals surface area contributed by atoms with Gasteiger partial charge in [0.1, 0.15) is 5.75 Å². The molecule has 0 aliphatic heterocycles. The van der Waals surface area contributed by atoms with Crippen LogP contribution in [0.2, 0.25) is 0 Å². The maximum Gasteiger partial charge on any atom is 0.315 e. The van der Waals surface area contributed by atoms with Crippen LogP contribution in [0.4, 0.5) is 4.79 Å². The Balaban J connectivity index is 1.56. The van der Waals surface area contributed by atoms with Crippen molar-refractivity contribution in [3.63, 3.8) is 0 Å². The van der Waals surface area contributed by atoms with E-state index in [1.165, 1.54) is 0 Å². The Morgan fingerprint density at radius 1 is 1.13 bits per heavy atom. The van der Waals surface area contributed by atoms with Gasteiger partial charge in [-0.05, 0) is 24.1 Å². The smallest absolute Gasteiger partial charge is 0.315 e. The molecular weight excluding hydrogens is 294 g/mol. The number of pyridine rings is 1. The number of urea groups is 1. The first kappa shape index (κ1) is 16.6. The second-order valence-corrected chi connectivity index (χ2v) is 4.83. The number of hydrogen-bond acceptors (Lipinski definition) is 4. The molecule has 2 amide bonds. The van der Waals surface area contributed by atoms with E-state index in [0.29, 0.717) is 25.6 Å². The van der Waals surface area contributed by atoms with Gasteiger partial charge >= 0.3 is 6.03 Å². The van der Waals surface area contributed by atoms with Gasteiger partial charge in [-0.3, -0.25) is 0 Å². The second-order valence-electron chi connectivity index (χ2n) is 4.83. The van der Waals surface area contributed by atoms with Gasteiger partial charge in [-0.1, -0.05) is 24.3 Å². The Labute approximate surface area is 135 Å². The number of ether oxygens (including phenoxy) is 2. The largest absolute Gasteiger partial charge is 0.494 e. The van der Waals surface area contributed by atoms with E-state index >= 15 is 0 Å². The van der Waals surface area contributed by atoms with Crippen LogP contribution in [0.1, 0.15) is 12.0 Å². The minimum absolute atomic E-state index is 0.208. The molecule has 0 radical (unpaired) electrons. The van der Waals surface area contributed by atoms with Crippen molar-refractivity contribution in [2.45, 2.75) is 13.0 Å². The van der Waals surface area contributed by atoms with Crippen molar-refractivity contribution in [2.75, 3.05) is 20.3 Å². The van der Waals surface area contributed by atoms with E-state index in [2.05, 4.69) is 15.6 Å². The number of carbonyl (C=O) groups excluding carboxylic acids is 1. The van der Waals surface area contributed by atoms with Crippen LogP contribution in [0.5, 0.6) is 11.6 Å². The highest BCUT2D eigenvalue weighted by Crippen LogP contribution is 2.08. The Morgan fingerprint density at radius 2 is 1.96 bits per heavy atom. The fourth-order valence-electron chi connectivity index (χ4n) is 1.86. The van der Waals surface area contributed by atoms with Crippen LogP contribution in [0.25, 0.3) is 0 Å². The number of aromatic nitrogens is 1. The maximum atomic E-state index is 11.7. The fraction of sp³-hybridized carbons (Fsp3) is 0.294. The van der Waals surface area contributed by atoms with E-state index in [1.807, 2.05) is 36.4 Å². The zero-order chi connectivity index (χ0) is 16.3. The average molecular weight is 315 g/mol. The van der Waals surface area contributed by atoms with Crippen molar-refractivity contribution in [1.82, 2.24) is 15.6 Å². The van der Waals surface area contributed by atoms with Crippen molar-refractivity contribution < 1.29 is 14.3 Å². The summed E-state index contributed by atoms with van der Waals surface area (Å²) in [5, 5.41) is 5.56. The van der Waals surface area contributed by atoms with Gasteiger partial charge in [-0.15, -0.1) is 0 Å². The molecule has 23 heavy (non-hydrogen) atoms. The number of amides is 2. The standard InChI is InChI=1S/C17H21N3O3/c1-22-16-9-8-14(12-19-16)13-20-17(21)18-10-5-11-23-15-6-3-2-4-7-15/h2-4,6-9,12H,5,10-11,13H2,1H3,(H2,18,20,21). The monoisotopic (exact) mass is 315 g/mol. The average Bonchev–Trinajstić information content (AvgIpc) is 2.61. The molecule has 0 saturated carbocycles. The third-order valence-corrected chi connectivity index (χ3v) is 3.08. The minimum atomic E-state index is -0.208. The van der Waals surface area contributed by atoms with Crippen molar-refractivity contribution in [3.05, 3.63) is 54.2 Å². The Morgan fingerprint density at radius 3 is 2.65 bits per heavy atom. The molecule has 0 aliphatic carbocycles. The first-order valence-corrected chi connectivity index (χ1v) is 7.46. The van der Waals surface area contributed by atoms with Gasteiger partial charge in [-0.25, -0.2) is 9.78 Å². The highest BCUT2D eigenvalue weighted by molar-refractivity contribution is 5.73. The summed E-state index contributed by atoms with van der Waals surface area (Å²) in [5.74, 6) is 1.39. The lowest BCUT2D eigenvalue weighted by atomic mass is 10.3. The summed E-state index contributed by atoms with van der Waals surface area (Å²) in [6.07, 6.45) is 2.42. The molecule has 0 bridgehead atoms. The molecule has 0 spiro atoms. The zero-order valence-corrected chi connectivity index (χ0v) is 13.1. The molecule has 0 aliphatic rings. The maximum absolute atomic E-state index is 11.7. The van der Waals surface area contributed by atoms with E-state index in [1.54, 1.807) is 19.4 Å². The fourth-order valence-corrected chi connectivity index (χ4v) is 1.86. The van der Waals surface area contributed by atoms with Crippen molar-refractivity contribution in [3.8, 4) is 11.6 Å². The molecule has 0 atom stereocenters. The summed E-state index contributed by atoms with van der Waals surface area (Å²) >= 11 is 0. The molecule has 0 unspecified atom stereocenters. The third-order valence-electron chi connectivity index (χ3n) is 3.08. The lowest BCUT2D eigenvalue weighted by Gasteiger charge is -2.09. The number of nitrogens with zero attached hydrogens (tertiary/aromatic N) is 1. The molecule has 2 rings (SSSR count). The molecular formula is C17H21N3O3. The van der Waals surface area contributed by atoms with Crippen LogP contribution in [-0.2, 0) is 6.54 Å². The van der Waals surface area contributed by atoms with Gasteiger partial charge in [-0.2, -0.15) is 0 Å². The van der Waals surface area contributed by atoms with Crippen LogP contribution in [0, 0.1) is 0 Å². The van der Waals surface area contributed by atoms with Crippen LogP contribution in [0.3, 0.4) is 0 Å². The SMILES string of the molecule is COc1ccc(CNC(=O)NCCCOc2ccccc2)cn1. The highest BCUT2D eigenvalue weighted by Gasteiger charge is 2.01. The summed E-state index contributed by atoms with van der Waals surface area (Å²) in [6, 6.07) is 13.0. The number of methoxy groups -OCH3 is 1. The molecule has 122 valence electrons. The van der Waals surface area contributed by atoms with E-state index in [-0.39, 0.29) is 6.03 Å². The number of para-hydroxylation sites is 1. The molecule has 1 aromatic heterocycles. The quantitative estimate of drug-likeness (QED) is 0.734. The lowest BCUT2D eigenvalue weighted by molar-refractivity contribution is 0.238. The van der Waals surface area contributed by atoms with Crippen molar-refractivity contribution >= 4 is 6.03 Å². The molecule has 0 saturated heterocycles. The summed E-state index contributed by atoms with van der Waals surface area (Å²) in [7, 11) is 1.56. The highest BCUT2D eigenvalue weighted by atomic mass is 16.5. The third kappa shape index (κ3) is 6.25. The topological polar surface area (TPSA) is 72.5 Å². The summed E-state index contributed by atoms with van der Waals surface area (Å²) in [6.45, 7) is 1.54. The van der Waals surface area contributed by atoms with Crippen LogP contribution in [-0.4, -0.2) is 31.3 Å². The van der Waals surface area contributed by atoms with Crippen molar-refractivity contribution in [1.29, 1.82) is 0 Å². The Kier molecular flexibility index (Phi) is 6.71. The molecule has 2 N–H and O–H groups in total. The van der Waals surface area contributed by atoms with E-state index in [0.717, 1.165) is 17.7 Å². The van der Waals surface area contributed by atoms with Crippen molar-refractivity contribution in [2.24, 2.45) is 0 Å². The number of nitrogens with one attached hydrogen (secondary N) is 2. The molecule has 1 aromatic carbocycles. The summed E-state index contributed by atoms with van der Waals surface area (Å²) < 4.78 is 10.5. The minimum Gasteiger partial charge on any atom is -0.494 e. The molecule has 0 fully saturated rings. The zero-order valence-electron chi connectivity index (χ0n) is 13.1. The lowest BCUT2D eigenvalue weighted by Crippen LogP contribution is -2.36. The van der Waals surface area contributed by atoms with Gasteiger partial charge in [0.15, 0.2) is 0 Å². The molecule has 6 nitrogen and oxygen atoms in total. The first-order valence-electron chi connectivity index (χ1n) is 7.46. The molecule has 1 heterocycles. The predicted octanol–water partition coefficient (Wildman–Crippen LogP) is 2.36. The van der Waals surface area contributed by atoms with Gasteiger partial charge in [0, 0.05) is 25.4 Å². The number of rotatable bonds is 8.